The second kappa shape index (κ2) is 6.91. The van der Waals surface area contributed by atoms with E-state index in [-0.39, 0.29) is 5.82 Å². The Kier molecular flexibility index (Phi) is 4.69. The van der Waals surface area contributed by atoms with E-state index in [1.807, 2.05) is 38.1 Å². The number of hydrogen-bond acceptors (Lipinski definition) is 4. The molecule has 0 saturated heterocycles. The van der Waals surface area contributed by atoms with Crippen molar-refractivity contribution in [3.63, 3.8) is 0 Å². The molecule has 1 aliphatic rings. The highest BCUT2D eigenvalue weighted by Gasteiger charge is 2.37. The summed E-state index contributed by atoms with van der Waals surface area (Å²) < 4.78 is 25.3. The highest BCUT2D eigenvalue weighted by molar-refractivity contribution is 5.92. The summed E-state index contributed by atoms with van der Waals surface area (Å²) in [4.78, 5) is 4.52. The van der Waals surface area contributed by atoms with Crippen molar-refractivity contribution in [3.8, 4) is 11.5 Å². The SMILES string of the molecule is CCOc1ccccc1OC(C)(C1=NCCN1)c1ccc(F)cc1. The fraction of sp³-hybridized carbons (Fsp3) is 0.316. The summed E-state index contributed by atoms with van der Waals surface area (Å²) in [6.07, 6.45) is 0. The Morgan fingerprint density at radius 1 is 1.12 bits per heavy atom. The zero-order chi connectivity index (χ0) is 17.0. The van der Waals surface area contributed by atoms with Gasteiger partial charge in [-0.05, 0) is 38.1 Å². The van der Waals surface area contributed by atoms with E-state index in [1.165, 1.54) is 12.1 Å². The van der Waals surface area contributed by atoms with Crippen LogP contribution in [0.2, 0.25) is 0 Å². The Bertz CT molecular complexity index is 730. The molecule has 3 rings (SSSR count). The number of nitrogens with one attached hydrogen (secondary N) is 1. The van der Waals surface area contributed by atoms with Crippen LogP contribution in [0.5, 0.6) is 11.5 Å². The summed E-state index contributed by atoms with van der Waals surface area (Å²) in [6.45, 7) is 5.87. The lowest BCUT2D eigenvalue weighted by Gasteiger charge is -2.32. The summed E-state index contributed by atoms with van der Waals surface area (Å²) in [5.74, 6) is 1.76. The molecule has 0 fully saturated rings. The molecule has 0 spiro atoms. The average Bonchev–Trinajstić information content (AvgIpc) is 3.12. The molecule has 0 radical (unpaired) electrons. The molecular formula is C19H21FN2O2. The summed E-state index contributed by atoms with van der Waals surface area (Å²) in [5.41, 5.74) is -0.0272. The molecule has 0 aromatic heterocycles. The predicted octanol–water partition coefficient (Wildman–Crippen LogP) is 3.52. The van der Waals surface area contributed by atoms with Crippen molar-refractivity contribution in [1.82, 2.24) is 5.32 Å². The van der Waals surface area contributed by atoms with E-state index in [2.05, 4.69) is 10.3 Å². The quantitative estimate of drug-likeness (QED) is 0.882. The van der Waals surface area contributed by atoms with Crippen molar-refractivity contribution in [2.75, 3.05) is 19.7 Å². The van der Waals surface area contributed by atoms with Crippen LogP contribution in [0.4, 0.5) is 4.39 Å². The molecule has 1 N–H and O–H groups in total. The molecule has 2 aromatic rings. The van der Waals surface area contributed by atoms with E-state index < -0.39 is 5.60 Å². The largest absolute Gasteiger partial charge is 0.490 e. The molecule has 0 saturated carbocycles. The number of benzene rings is 2. The molecule has 2 aromatic carbocycles. The minimum atomic E-state index is -0.850. The minimum absolute atomic E-state index is 0.280. The van der Waals surface area contributed by atoms with Crippen molar-refractivity contribution in [1.29, 1.82) is 0 Å². The number of para-hydroxylation sites is 2. The van der Waals surface area contributed by atoms with E-state index in [9.17, 15) is 4.39 Å². The topological polar surface area (TPSA) is 42.9 Å². The highest BCUT2D eigenvalue weighted by atomic mass is 19.1. The Balaban J connectivity index is 2.01. The molecule has 0 amide bonds. The van der Waals surface area contributed by atoms with Crippen molar-refractivity contribution in [2.45, 2.75) is 19.4 Å². The maximum absolute atomic E-state index is 13.3. The van der Waals surface area contributed by atoms with Gasteiger partial charge in [0.15, 0.2) is 17.1 Å². The van der Waals surface area contributed by atoms with Crippen LogP contribution in [0.1, 0.15) is 19.4 Å². The van der Waals surface area contributed by atoms with Crippen LogP contribution in [0, 0.1) is 5.82 Å². The maximum Gasteiger partial charge on any atom is 0.188 e. The smallest absolute Gasteiger partial charge is 0.188 e. The number of halogens is 1. The number of aliphatic imine (C=N–C) groups is 1. The fourth-order valence-electron chi connectivity index (χ4n) is 2.76. The van der Waals surface area contributed by atoms with Crippen LogP contribution in [-0.4, -0.2) is 25.5 Å². The summed E-state index contributed by atoms with van der Waals surface area (Å²) >= 11 is 0. The standard InChI is InChI=1S/C19H21FN2O2/c1-3-23-16-6-4-5-7-17(16)24-19(2,18-21-12-13-22-18)14-8-10-15(20)11-9-14/h4-11H,3,12-13H2,1-2H3,(H,21,22). The first-order chi connectivity index (χ1) is 11.6. The van der Waals surface area contributed by atoms with Gasteiger partial charge in [-0.1, -0.05) is 24.3 Å². The lowest BCUT2D eigenvalue weighted by molar-refractivity contribution is 0.150. The molecule has 24 heavy (non-hydrogen) atoms. The second-order valence-electron chi connectivity index (χ2n) is 5.68. The third-order valence-electron chi connectivity index (χ3n) is 3.98. The first kappa shape index (κ1) is 16.3. The minimum Gasteiger partial charge on any atom is -0.490 e. The summed E-state index contributed by atoms with van der Waals surface area (Å²) in [6, 6.07) is 13.8. The molecular weight excluding hydrogens is 307 g/mol. The van der Waals surface area contributed by atoms with Crippen molar-refractivity contribution in [3.05, 3.63) is 59.9 Å². The summed E-state index contributed by atoms with van der Waals surface area (Å²) in [5, 5.41) is 3.27. The van der Waals surface area contributed by atoms with Crippen molar-refractivity contribution >= 4 is 5.84 Å². The Hall–Kier alpha value is -2.56. The highest BCUT2D eigenvalue weighted by Crippen LogP contribution is 2.35. The fourth-order valence-corrected chi connectivity index (χ4v) is 2.76. The molecule has 1 aliphatic heterocycles. The van der Waals surface area contributed by atoms with Crippen LogP contribution in [-0.2, 0) is 5.60 Å². The van der Waals surface area contributed by atoms with Gasteiger partial charge in [-0.3, -0.25) is 4.99 Å². The van der Waals surface area contributed by atoms with Gasteiger partial charge >= 0.3 is 0 Å². The molecule has 126 valence electrons. The van der Waals surface area contributed by atoms with Gasteiger partial charge in [0.25, 0.3) is 0 Å². The second-order valence-corrected chi connectivity index (χ2v) is 5.68. The normalized spacial score (nSPS) is 16.0. The zero-order valence-corrected chi connectivity index (χ0v) is 13.9. The molecule has 0 aliphatic carbocycles. The molecule has 1 heterocycles. The van der Waals surface area contributed by atoms with E-state index in [4.69, 9.17) is 9.47 Å². The van der Waals surface area contributed by atoms with Gasteiger partial charge in [-0.25, -0.2) is 4.39 Å². The third kappa shape index (κ3) is 3.20. The van der Waals surface area contributed by atoms with Crippen LogP contribution >= 0.6 is 0 Å². The first-order valence-electron chi connectivity index (χ1n) is 8.09. The lowest BCUT2D eigenvalue weighted by atomic mass is 9.94. The van der Waals surface area contributed by atoms with Gasteiger partial charge in [0.1, 0.15) is 11.7 Å². The van der Waals surface area contributed by atoms with Crippen molar-refractivity contribution in [2.24, 2.45) is 4.99 Å². The number of amidine groups is 1. The van der Waals surface area contributed by atoms with Crippen LogP contribution in [0.25, 0.3) is 0 Å². The van der Waals surface area contributed by atoms with E-state index >= 15 is 0 Å². The van der Waals surface area contributed by atoms with Gasteiger partial charge in [-0.2, -0.15) is 0 Å². The van der Waals surface area contributed by atoms with E-state index in [0.29, 0.717) is 24.7 Å². The number of rotatable bonds is 6. The Labute approximate surface area is 141 Å². The van der Waals surface area contributed by atoms with Crippen molar-refractivity contribution < 1.29 is 13.9 Å². The molecule has 5 heteroatoms. The predicted molar refractivity (Wildman–Crippen MR) is 92.3 cm³/mol. The average molecular weight is 328 g/mol. The molecule has 0 bridgehead atoms. The van der Waals surface area contributed by atoms with Crippen LogP contribution in [0.15, 0.2) is 53.5 Å². The van der Waals surface area contributed by atoms with Gasteiger partial charge in [0.2, 0.25) is 0 Å². The van der Waals surface area contributed by atoms with Gasteiger partial charge in [0.05, 0.1) is 13.2 Å². The molecule has 1 unspecified atom stereocenters. The third-order valence-corrected chi connectivity index (χ3v) is 3.98. The monoisotopic (exact) mass is 328 g/mol. The first-order valence-corrected chi connectivity index (χ1v) is 8.09. The maximum atomic E-state index is 13.3. The van der Waals surface area contributed by atoms with Gasteiger partial charge < -0.3 is 14.8 Å². The van der Waals surface area contributed by atoms with Gasteiger partial charge in [-0.15, -0.1) is 0 Å². The van der Waals surface area contributed by atoms with Gasteiger partial charge in [0, 0.05) is 12.1 Å². The molecule has 4 nitrogen and oxygen atoms in total. The lowest BCUT2D eigenvalue weighted by Crippen LogP contribution is -2.44. The van der Waals surface area contributed by atoms with E-state index in [0.717, 1.165) is 17.9 Å². The molecule has 1 atom stereocenters. The Morgan fingerprint density at radius 2 is 1.83 bits per heavy atom. The van der Waals surface area contributed by atoms with Crippen LogP contribution in [0.3, 0.4) is 0 Å². The van der Waals surface area contributed by atoms with E-state index in [1.54, 1.807) is 12.1 Å². The number of ether oxygens (including phenoxy) is 2. The zero-order valence-electron chi connectivity index (χ0n) is 13.9. The summed E-state index contributed by atoms with van der Waals surface area (Å²) in [7, 11) is 0. The van der Waals surface area contributed by atoms with Crippen LogP contribution < -0.4 is 14.8 Å². The number of nitrogens with zero attached hydrogens (tertiary/aromatic N) is 1. The number of hydrogen-bond donors (Lipinski definition) is 1. The Morgan fingerprint density at radius 3 is 2.46 bits per heavy atom.